The van der Waals surface area contributed by atoms with E-state index in [9.17, 15) is 9.90 Å². The zero-order chi connectivity index (χ0) is 16.8. The molecule has 7 atom stereocenters. The van der Waals surface area contributed by atoms with Crippen molar-refractivity contribution >= 4 is 5.78 Å². The lowest BCUT2D eigenvalue weighted by Crippen LogP contribution is -2.53. The topological polar surface area (TPSA) is 37.3 Å². The van der Waals surface area contributed by atoms with Gasteiger partial charge in [-0.25, -0.2) is 0 Å². The molecule has 0 aromatic carbocycles. The predicted octanol–water partition coefficient (Wildman–Crippen LogP) is 4.99. The van der Waals surface area contributed by atoms with Crippen LogP contribution in [0.3, 0.4) is 0 Å². The molecule has 0 aromatic rings. The van der Waals surface area contributed by atoms with Gasteiger partial charge in [0.2, 0.25) is 0 Å². The number of aliphatic hydroxyl groups excluding tert-OH is 1. The highest BCUT2D eigenvalue weighted by Gasteiger charge is 2.59. The molecule has 0 bridgehead atoms. The Labute approximate surface area is 142 Å². The number of fused-ring (bicyclic) bond motifs is 5. The lowest BCUT2D eigenvalue weighted by molar-refractivity contribution is -0.121. The number of hydrogen-bond acceptors (Lipinski definition) is 2. The van der Waals surface area contributed by atoms with E-state index in [0.29, 0.717) is 22.5 Å². The standard InChI is InChI=1S/C19H30O2.C2H6/c1-18-7-6-16-15(17(18)10-14(21)11-18)4-3-12-9-13(20)5-8-19(12,16)2;1-2/h12-13,15-17,20H,3-11H2,1-2H3;1-2H3/t12-,13+,15+,16-,17-,18+,19-;/m1./s1. The lowest BCUT2D eigenvalue weighted by Gasteiger charge is -2.60. The van der Waals surface area contributed by atoms with Crippen LogP contribution in [0.2, 0.25) is 0 Å². The molecule has 4 rings (SSSR count). The second-order valence-corrected chi connectivity index (χ2v) is 9.20. The van der Waals surface area contributed by atoms with Gasteiger partial charge in [-0.1, -0.05) is 27.7 Å². The number of aliphatic hydroxyl groups is 1. The van der Waals surface area contributed by atoms with Gasteiger partial charge in [-0.15, -0.1) is 0 Å². The molecule has 0 saturated heterocycles. The smallest absolute Gasteiger partial charge is 0.133 e. The van der Waals surface area contributed by atoms with Gasteiger partial charge in [0, 0.05) is 12.8 Å². The summed E-state index contributed by atoms with van der Waals surface area (Å²) in [4.78, 5) is 12.1. The maximum Gasteiger partial charge on any atom is 0.133 e. The third-order valence-electron chi connectivity index (χ3n) is 8.20. The average molecular weight is 321 g/mol. The molecule has 2 heteroatoms. The van der Waals surface area contributed by atoms with Crippen molar-refractivity contribution in [1.82, 2.24) is 0 Å². The van der Waals surface area contributed by atoms with E-state index in [2.05, 4.69) is 13.8 Å². The van der Waals surface area contributed by atoms with E-state index in [1.54, 1.807) is 0 Å². The summed E-state index contributed by atoms with van der Waals surface area (Å²) in [7, 11) is 0. The number of rotatable bonds is 0. The van der Waals surface area contributed by atoms with Crippen LogP contribution >= 0.6 is 0 Å². The van der Waals surface area contributed by atoms with Crippen LogP contribution in [0, 0.1) is 34.5 Å². The summed E-state index contributed by atoms with van der Waals surface area (Å²) in [5.74, 6) is 3.51. The first-order valence-corrected chi connectivity index (χ1v) is 10.1. The van der Waals surface area contributed by atoms with Gasteiger partial charge in [-0.05, 0) is 79.4 Å². The molecule has 4 saturated carbocycles. The Hall–Kier alpha value is -0.370. The van der Waals surface area contributed by atoms with Crippen molar-refractivity contribution < 1.29 is 9.90 Å². The molecular formula is C21H36O2. The van der Waals surface area contributed by atoms with Crippen LogP contribution in [0.5, 0.6) is 0 Å². The van der Waals surface area contributed by atoms with Crippen molar-refractivity contribution in [3.63, 3.8) is 0 Å². The largest absolute Gasteiger partial charge is 0.393 e. The number of hydrogen-bond donors (Lipinski definition) is 1. The molecule has 2 nitrogen and oxygen atoms in total. The Morgan fingerprint density at radius 2 is 1.74 bits per heavy atom. The summed E-state index contributed by atoms with van der Waals surface area (Å²) < 4.78 is 0. The minimum absolute atomic E-state index is 0.0541. The summed E-state index contributed by atoms with van der Waals surface area (Å²) >= 11 is 0. The SMILES string of the molecule is CC.C[C@@]12CC[C@@H]3[C@H](CC[C@@H]4C[C@@H](O)CC[C@]43C)[C@H]1CC(=O)C2. The van der Waals surface area contributed by atoms with Crippen LogP contribution in [0.1, 0.15) is 85.5 Å². The highest BCUT2D eigenvalue weighted by molar-refractivity contribution is 5.82. The molecule has 132 valence electrons. The molecule has 0 radical (unpaired) electrons. The van der Waals surface area contributed by atoms with Crippen LogP contribution in [-0.2, 0) is 4.79 Å². The van der Waals surface area contributed by atoms with E-state index in [1.807, 2.05) is 13.8 Å². The Balaban J connectivity index is 0.000000753. The molecule has 0 aliphatic heterocycles. The van der Waals surface area contributed by atoms with Crippen LogP contribution in [0.15, 0.2) is 0 Å². The maximum absolute atomic E-state index is 12.1. The van der Waals surface area contributed by atoms with Gasteiger partial charge in [0.05, 0.1) is 6.10 Å². The van der Waals surface area contributed by atoms with E-state index in [-0.39, 0.29) is 6.10 Å². The van der Waals surface area contributed by atoms with Gasteiger partial charge in [-0.2, -0.15) is 0 Å². The highest BCUT2D eigenvalue weighted by Crippen LogP contribution is 2.65. The first kappa shape index (κ1) is 17.5. The third kappa shape index (κ3) is 2.69. The zero-order valence-corrected chi connectivity index (χ0v) is 15.6. The van der Waals surface area contributed by atoms with Gasteiger partial charge in [-0.3, -0.25) is 4.79 Å². The van der Waals surface area contributed by atoms with Crippen molar-refractivity contribution in [2.75, 3.05) is 0 Å². The fourth-order valence-corrected chi connectivity index (χ4v) is 7.01. The number of carbonyl (C=O) groups excluding carboxylic acids is 1. The quantitative estimate of drug-likeness (QED) is 0.683. The molecule has 23 heavy (non-hydrogen) atoms. The first-order valence-electron chi connectivity index (χ1n) is 10.1. The molecule has 4 aliphatic rings. The van der Waals surface area contributed by atoms with Crippen molar-refractivity contribution in [2.45, 2.75) is 91.6 Å². The van der Waals surface area contributed by atoms with Crippen molar-refractivity contribution in [3.8, 4) is 0 Å². The molecule has 0 aromatic heterocycles. The van der Waals surface area contributed by atoms with Gasteiger partial charge in [0.1, 0.15) is 5.78 Å². The normalized spacial score (nSPS) is 51.9. The van der Waals surface area contributed by atoms with E-state index in [4.69, 9.17) is 0 Å². The Bertz CT molecular complexity index is 459. The molecule has 4 fully saturated rings. The Morgan fingerprint density at radius 3 is 2.48 bits per heavy atom. The van der Waals surface area contributed by atoms with Crippen LogP contribution < -0.4 is 0 Å². The predicted molar refractivity (Wildman–Crippen MR) is 94.1 cm³/mol. The summed E-state index contributed by atoms with van der Waals surface area (Å²) in [6.07, 6.45) is 10.1. The molecule has 0 amide bonds. The number of ketones is 1. The van der Waals surface area contributed by atoms with E-state index in [1.165, 1.54) is 32.1 Å². The van der Waals surface area contributed by atoms with Crippen LogP contribution in [0.25, 0.3) is 0 Å². The summed E-state index contributed by atoms with van der Waals surface area (Å²) in [5, 5.41) is 10.0. The Kier molecular flexibility index (Phi) is 4.68. The second kappa shape index (κ2) is 6.17. The zero-order valence-electron chi connectivity index (χ0n) is 15.6. The first-order chi connectivity index (χ1) is 10.9. The van der Waals surface area contributed by atoms with Crippen LogP contribution in [0.4, 0.5) is 0 Å². The fourth-order valence-electron chi connectivity index (χ4n) is 7.01. The fraction of sp³-hybridized carbons (Fsp3) is 0.952. The van der Waals surface area contributed by atoms with Gasteiger partial charge < -0.3 is 5.11 Å². The molecule has 1 N–H and O–H groups in total. The van der Waals surface area contributed by atoms with Crippen molar-refractivity contribution in [2.24, 2.45) is 34.5 Å². The van der Waals surface area contributed by atoms with Crippen molar-refractivity contribution in [3.05, 3.63) is 0 Å². The highest BCUT2D eigenvalue weighted by atomic mass is 16.3. The number of Topliss-reactive ketones (excluding diaryl/α,β-unsaturated/α-hetero) is 1. The van der Waals surface area contributed by atoms with Gasteiger partial charge >= 0.3 is 0 Å². The summed E-state index contributed by atoms with van der Waals surface area (Å²) in [6.45, 7) is 8.90. The molecule has 4 aliphatic carbocycles. The minimum Gasteiger partial charge on any atom is -0.393 e. The lowest BCUT2D eigenvalue weighted by atomic mass is 9.45. The average Bonchev–Trinajstić information content (AvgIpc) is 2.84. The molecule has 0 unspecified atom stereocenters. The molecule has 0 spiro atoms. The summed E-state index contributed by atoms with van der Waals surface area (Å²) in [6, 6.07) is 0. The van der Waals surface area contributed by atoms with E-state index < -0.39 is 0 Å². The minimum atomic E-state index is -0.0541. The van der Waals surface area contributed by atoms with E-state index in [0.717, 1.165) is 43.4 Å². The van der Waals surface area contributed by atoms with Crippen LogP contribution in [-0.4, -0.2) is 17.0 Å². The van der Waals surface area contributed by atoms with Crippen molar-refractivity contribution in [1.29, 1.82) is 0 Å². The van der Waals surface area contributed by atoms with E-state index >= 15 is 0 Å². The van der Waals surface area contributed by atoms with Gasteiger partial charge in [0.15, 0.2) is 0 Å². The third-order valence-corrected chi connectivity index (χ3v) is 8.20. The summed E-state index contributed by atoms with van der Waals surface area (Å²) in [5.41, 5.74) is 0.755. The monoisotopic (exact) mass is 320 g/mol. The molecule has 0 heterocycles. The Morgan fingerprint density at radius 1 is 1.00 bits per heavy atom. The molecular weight excluding hydrogens is 284 g/mol. The second-order valence-electron chi connectivity index (χ2n) is 9.20. The van der Waals surface area contributed by atoms with Gasteiger partial charge in [0.25, 0.3) is 0 Å². The number of carbonyl (C=O) groups is 1. The maximum atomic E-state index is 12.1.